The molecule has 0 radical (unpaired) electrons. The highest BCUT2D eigenvalue weighted by molar-refractivity contribution is 5.92. The van der Waals surface area contributed by atoms with Crippen LogP contribution in [0.3, 0.4) is 0 Å². The lowest BCUT2D eigenvalue weighted by atomic mass is 9.90. The number of hydrogen-bond acceptors (Lipinski definition) is 3. The van der Waals surface area contributed by atoms with Crippen LogP contribution in [0, 0.1) is 5.41 Å². The SMILES string of the molecule is CC1(C)CN(C(=O)Nc2ccc3c(c2)nc2n3CCCCC2)C[C@@H]1O. The van der Waals surface area contributed by atoms with Crippen molar-refractivity contribution in [3.63, 3.8) is 0 Å². The van der Waals surface area contributed by atoms with Crippen molar-refractivity contribution in [2.75, 3.05) is 18.4 Å². The Hall–Kier alpha value is -2.08. The van der Waals surface area contributed by atoms with Crippen molar-refractivity contribution in [2.24, 2.45) is 5.41 Å². The number of β-amino-alcohol motifs (C(OH)–C–C–N with tert-alkyl or cyclic N) is 1. The topological polar surface area (TPSA) is 70.4 Å². The predicted molar refractivity (Wildman–Crippen MR) is 97.7 cm³/mol. The van der Waals surface area contributed by atoms with Gasteiger partial charge in [0.05, 0.1) is 17.1 Å². The second-order valence-electron chi connectivity index (χ2n) is 8.01. The van der Waals surface area contributed by atoms with E-state index in [1.165, 1.54) is 19.3 Å². The molecule has 0 unspecified atom stereocenters. The molecule has 2 N–H and O–H groups in total. The van der Waals surface area contributed by atoms with Gasteiger partial charge >= 0.3 is 6.03 Å². The Balaban J connectivity index is 1.53. The summed E-state index contributed by atoms with van der Waals surface area (Å²) in [5.74, 6) is 1.15. The Labute approximate surface area is 147 Å². The second kappa shape index (κ2) is 6.02. The van der Waals surface area contributed by atoms with Crippen LogP contribution in [0.2, 0.25) is 0 Å². The number of carbonyl (C=O) groups is 1. The summed E-state index contributed by atoms with van der Waals surface area (Å²) >= 11 is 0. The number of nitrogens with zero attached hydrogens (tertiary/aromatic N) is 3. The first-order chi connectivity index (χ1) is 11.9. The van der Waals surface area contributed by atoms with Crippen LogP contribution < -0.4 is 5.32 Å². The molecule has 134 valence electrons. The van der Waals surface area contributed by atoms with E-state index >= 15 is 0 Å². The third kappa shape index (κ3) is 2.99. The number of imidazole rings is 1. The molecule has 0 bridgehead atoms. The lowest BCUT2D eigenvalue weighted by Gasteiger charge is -2.21. The highest BCUT2D eigenvalue weighted by Crippen LogP contribution is 2.30. The molecule has 0 saturated carbocycles. The van der Waals surface area contributed by atoms with E-state index in [9.17, 15) is 9.90 Å². The van der Waals surface area contributed by atoms with Gasteiger partial charge in [-0.2, -0.15) is 0 Å². The third-order valence-corrected chi connectivity index (χ3v) is 5.54. The molecular weight excluding hydrogens is 316 g/mol. The normalized spacial score (nSPS) is 22.7. The van der Waals surface area contributed by atoms with Crippen molar-refractivity contribution in [1.29, 1.82) is 0 Å². The summed E-state index contributed by atoms with van der Waals surface area (Å²) in [6.45, 7) is 5.92. The number of aromatic nitrogens is 2. The van der Waals surface area contributed by atoms with E-state index in [1.807, 2.05) is 26.0 Å². The number of aliphatic hydroxyl groups excluding tert-OH is 1. The largest absolute Gasteiger partial charge is 0.391 e. The molecule has 1 fully saturated rings. The molecule has 2 aromatic rings. The van der Waals surface area contributed by atoms with Crippen LogP contribution in [0.25, 0.3) is 11.0 Å². The van der Waals surface area contributed by atoms with Crippen molar-refractivity contribution >= 4 is 22.8 Å². The number of rotatable bonds is 1. The number of carbonyl (C=O) groups excluding carboxylic acids is 1. The van der Waals surface area contributed by atoms with E-state index in [-0.39, 0.29) is 11.4 Å². The van der Waals surface area contributed by atoms with Gasteiger partial charge in [0, 0.05) is 37.2 Å². The van der Waals surface area contributed by atoms with E-state index < -0.39 is 6.10 Å². The molecule has 4 rings (SSSR count). The summed E-state index contributed by atoms with van der Waals surface area (Å²) < 4.78 is 2.31. The molecule has 2 aliphatic rings. The first-order valence-electron chi connectivity index (χ1n) is 9.17. The van der Waals surface area contributed by atoms with Crippen molar-refractivity contribution in [3.05, 3.63) is 24.0 Å². The summed E-state index contributed by atoms with van der Waals surface area (Å²) in [7, 11) is 0. The minimum atomic E-state index is -0.482. The summed E-state index contributed by atoms with van der Waals surface area (Å²) in [6, 6.07) is 5.78. The van der Waals surface area contributed by atoms with Crippen molar-refractivity contribution in [1.82, 2.24) is 14.5 Å². The van der Waals surface area contributed by atoms with Crippen molar-refractivity contribution < 1.29 is 9.90 Å². The third-order valence-electron chi connectivity index (χ3n) is 5.54. The van der Waals surface area contributed by atoms with Crippen LogP contribution in [-0.2, 0) is 13.0 Å². The van der Waals surface area contributed by atoms with Gasteiger partial charge in [0.15, 0.2) is 0 Å². The molecule has 1 saturated heterocycles. The van der Waals surface area contributed by atoms with Crippen LogP contribution in [0.4, 0.5) is 10.5 Å². The Bertz CT molecular complexity index is 811. The highest BCUT2D eigenvalue weighted by atomic mass is 16.3. The Morgan fingerprint density at radius 1 is 1.32 bits per heavy atom. The number of hydrogen-bond donors (Lipinski definition) is 2. The van der Waals surface area contributed by atoms with Crippen LogP contribution >= 0.6 is 0 Å². The van der Waals surface area contributed by atoms with Gasteiger partial charge in [0.25, 0.3) is 0 Å². The van der Waals surface area contributed by atoms with E-state index in [0.29, 0.717) is 13.1 Å². The monoisotopic (exact) mass is 342 g/mol. The van der Waals surface area contributed by atoms with Crippen LogP contribution in [0.1, 0.15) is 38.9 Å². The summed E-state index contributed by atoms with van der Waals surface area (Å²) in [5.41, 5.74) is 2.58. The highest BCUT2D eigenvalue weighted by Gasteiger charge is 2.40. The molecule has 0 aliphatic carbocycles. The summed E-state index contributed by atoms with van der Waals surface area (Å²) in [5, 5.41) is 13.0. The average Bonchev–Trinajstić information content (AvgIpc) is 2.92. The fourth-order valence-electron chi connectivity index (χ4n) is 3.90. The van der Waals surface area contributed by atoms with E-state index in [2.05, 4.69) is 16.0 Å². The maximum absolute atomic E-state index is 12.5. The number of nitrogens with one attached hydrogen (secondary N) is 1. The second-order valence-corrected chi connectivity index (χ2v) is 8.01. The van der Waals surface area contributed by atoms with Gasteiger partial charge in [0.1, 0.15) is 5.82 Å². The number of benzene rings is 1. The maximum Gasteiger partial charge on any atom is 0.321 e. The molecule has 1 aromatic heterocycles. The fourth-order valence-corrected chi connectivity index (χ4v) is 3.90. The van der Waals surface area contributed by atoms with Crippen LogP contribution in [0.5, 0.6) is 0 Å². The molecule has 3 heterocycles. The quantitative estimate of drug-likeness (QED) is 0.837. The number of fused-ring (bicyclic) bond motifs is 3. The van der Waals surface area contributed by atoms with Gasteiger partial charge in [-0.25, -0.2) is 9.78 Å². The number of anilines is 1. The number of aliphatic hydroxyl groups is 1. The number of likely N-dealkylation sites (tertiary alicyclic amines) is 1. The summed E-state index contributed by atoms with van der Waals surface area (Å²) in [6.07, 6.45) is 4.20. The molecule has 1 atom stereocenters. The molecule has 6 heteroatoms. The van der Waals surface area contributed by atoms with Gasteiger partial charge in [0.2, 0.25) is 0 Å². The van der Waals surface area contributed by atoms with Gasteiger partial charge in [-0.15, -0.1) is 0 Å². The average molecular weight is 342 g/mol. The van der Waals surface area contributed by atoms with Crippen LogP contribution in [-0.4, -0.2) is 44.8 Å². The molecule has 2 amide bonds. The standard InChI is InChI=1S/C19H26N4O2/c1-19(2)12-22(11-16(19)24)18(25)20-13-7-8-15-14(10-13)21-17-6-4-3-5-9-23(15)17/h7-8,10,16,24H,3-6,9,11-12H2,1-2H3,(H,20,25)/t16-/m0/s1. The molecule has 25 heavy (non-hydrogen) atoms. The fraction of sp³-hybridized carbons (Fsp3) is 0.579. The van der Waals surface area contributed by atoms with Gasteiger partial charge in [-0.05, 0) is 31.0 Å². The number of urea groups is 1. The predicted octanol–water partition coefficient (Wildman–Crippen LogP) is 3.00. The molecular formula is C19H26N4O2. The Morgan fingerprint density at radius 2 is 2.16 bits per heavy atom. The minimum Gasteiger partial charge on any atom is -0.391 e. The smallest absolute Gasteiger partial charge is 0.321 e. The Kier molecular flexibility index (Phi) is 3.95. The van der Waals surface area contributed by atoms with Gasteiger partial charge < -0.3 is 19.9 Å². The first-order valence-corrected chi connectivity index (χ1v) is 9.17. The maximum atomic E-state index is 12.5. The molecule has 0 spiro atoms. The molecule has 6 nitrogen and oxygen atoms in total. The zero-order chi connectivity index (χ0) is 17.6. The zero-order valence-corrected chi connectivity index (χ0v) is 15.0. The molecule has 2 aliphatic heterocycles. The van der Waals surface area contributed by atoms with Gasteiger partial charge in [-0.3, -0.25) is 0 Å². The number of amides is 2. The van der Waals surface area contributed by atoms with Crippen molar-refractivity contribution in [3.8, 4) is 0 Å². The lowest BCUT2D eigenvalue weighted by molar-refractivity contribution is 0.0957. The minimum absolute atomic E-state index is 0.162. The van der Waals surface area contributed by atoms with Gasteiger partial charge in [-0.1, -0.05) is 20.3 Å². The Morgan fingerprint density at radius 3 is 2.92 bits per heavy atom. The number of aryl methyl sites for hydroxylation is 2. The molecule has 1 aromatic carbocycles. The van der Waals surface area contributed by atoms with E-state index in [1.54, 1.807) is 4.90 Å². The van der Waals surface area contributed by atoms with E-state index in [0.717, 1.165) is 35.5 Å². The van der Waals surface area contributed by atoms with Crippen LogP contribution in [0.15, 0.2) is 18.2 Å². The first kappa shape index (κ1) is 16.4. The summed E-state index contributed by atoms with van der Waals surface area (Å²) in [4.78, 5) is 19.0. The lowest BCUT2D eigenvalue weighted by Crippen LogP contribution is -2.34. The van der Waals surface area contributed by atoms with Crippen molar-refractivity contribution in [2.45, 2.75) is 52.2 Å². The zero-order valence-electron chi connectivity index (χ0n) is 15.0. The van der Waals surface area contributed by atoms with E-state index in [4.69, 9.17) is 4.98 Å².